The predicted molar refractivity (Wildman–Crippen MR) is 140 cm³/mol. The Kier molecular flexibility index (Phi) is 6.05. The zero-order chi connectivity index (χ0) is 26.3. The van der Waals surface area contributed by atoms with Gasteiger partial charge in [-0.2, -0.15) is 10.1 Å². The molecule has 1 atom stereocenters. The Morgan fingerprint density at radius 2 is 2.05 bits per heavy atom. The predicted octanol–water partition coefficient (Wildman–Crippen LogP) is 2.38. The van der Waals surface area contributed by atoms with Crippen LogP contribution in [0.2, 0.25) is 0 Å². The van der Waals surface area contributed by atoms with Crippen molar-refractivity contribution in [3.8, 4) is 11.3 Å². The third-order valence-electron chi connectivity index (χ3n) is 6.37. The van der Waals surface area contributed by atoms with Crippen LogP contribution in [0.25, 0.3) is 22.3 Å². The number of fused-ring (bicyclic) bond motifs is 1. The minimum atomic E-state index is -0.350. The zero-order valence-corrected chi connectivity index (χ0v) is 21.4. The summed E-state index contributed by atoms with van der Waals surface area (Å²) < 4.78 is 8.29. The monoisotopic (exact) mass is 506 g/mol. The van der Waals surface area contributed by atoms with Gasteiger partial charge in [-0.15, -0.1) is 0 Å². The average molecular weight is 507 g/mol. The normalized spacial score (nSPS) is 15.8. The lowest BCUT2D eigenvalue weighted by molar-refractivity contribution is 0.249. The van der Waals surface area contributed by atoms with Crippen molar-refractivity contribution < 1.29 is 9.32 Å². The molecule has 1 unspecified atom stereocenters. The number of nitrogens with zero attached hydrogens (tertiary/aromatic N) is 7. The fourth-order valence-electron chi connectivity index (χ4n) is 4.36. The fourth-order valence-corrected chi connectivity index (χ4v) is 4.36. The van der Waals surface area contributed by atoms with Crippen LogP contribution in [-0.2, 0) is 12.6 Å². The highest BCUT2D eigenvalue weighted by Crippen LogP contribution is 2.29. The molecule has 4 aromatic heterocycles. The number of amides is 2. The van der Waals surface area contributed by atoms with E-state index in [-0.39, 0.29) is 23.2 Å². The number of aryl methyl sites for hydroxylation is 1. The van der Waals surface area contributed by atoms with E-state index in [2.05, 4.69) is 36.2 Å². The first kappa shape index (κ1) is 24.3. The highest BCUT2D eigenvalue weighted by atomic mass is 16.5. The molecule has 0 aromatic carbocycles. The van der Waals surface area contributed by atoms with Gasteiger partial charge in [0.1, 0.15) is 23.3 Å². The van der Waals surface area contributed by atoms with Crippen LogP contribution in [0.4, 0.5) is 22.1 Å². The van der Waals surface area contributed by atoms with Crippen molar-refractivity contribution in [2.24, 2.45) is 7.05 Å². The topological polar surface area (TPSA) is 148 Å². The lowest BCUT2D eigenvalue weighted by Crippen LogP contribution is -2.40. The van der Waals surface area contributed by atoms with E-state index in [1.54, 1.807) is 37.4 Å². The zero-order valence-electron chi connectivity index (χ0n) is 21.4. The highest BCUT2D eigenvalue weighted by Gasteiger charge is 2.28. The maximum atomic E-state index is 13.1. The van der Waals surface area contributed by atoms with Gasteiger partial charge in [0, 0.05) is 51.0 Å². The molecule has 0 spiro atoms. The molecule has 0 aliphatic carbocycles. The Labute approximate surface area is 212 Å². The molecule has 1 aliphatic heterocycles. The van der Waals surface area contributed by atoms with Crippen molar-refractivity contribution in [3.63, 3.8) is 0 Å². The Hall–Kier alpha value is -4.42. The number of hydrogen-bond donors (Lipinski definition) is 3. The average Bonchev–Trinajstić information content (AvgIpc) is 3.62. The van der Waals surface area contributed by atoms with Crippen molar-refractivity contribution in [2.75, 3.05) is 35.7 Å². The second-order valence-corrected chi connectivity index (χ2v) is 10.1. The fraction of sp³-hybridized carbons (Fsp3) is 0.417. The van der Waals surface area contributed by atoms with Gasteiger partial charge in [0.25, 0.3) is 5.56 Å². The second-order valence-electron chi connectivity index (χ2n) is 10.1. The number of nitrogens with one attached hydrogen (secondary N) is 3. The van der Waals surface area contributed by atoms with Crippen molar-refractivity contribution in [1.82, 2.24) is 34.8 Å². The summed E-state index contributed by atoms with van der Waals surface area (Å²) in [6, 6.07) is 1.32. The number of carbonyl (C=O) groups is 1. The standard InChI is InChI=1S/C24H30N10O3/c1-24(2,3)34-12-17(19(31-34)15-10-27-37-13-15)29-23(36)28-16-6-7-33(11-16)18-8-14-9-26-22(25-4)30-20(14)32(5)21(18)35/h8-10,12-13,16H,6-7,11H2,1-5H3,(H,25,26,30)(H2,28,29,36). The van der Waals surface area contributed by atoms with Crippen LogP contribution >= 0.6 is 0 Å². The first-order valence-corrected chi connectivity index (χ1v) is 12.0. The van der Waals surface area contributed by atoms with E-state index in [0.29, 0.717) is 53.7 Å². The summed E-state index contributed by atoms with van der Waals surface area (Å²) in [4.78, 5) is 36.7. The summed E-state index contributed by atoms with van der Waals surface area (Å²) in [5, 5.41) is 18.0. The summed E-state index contributed by atoms with van der Waals surface area (Å²) >= 11 is 0. The molecule has 0 bridgehead atoms. The Morgan fingerprint density at radius 3 is 2.76 bits per heavy atom. The SMILES string of the molecule is CNc1ncc2cc(N3CCC(NC(=O)Nc4cn(C(C)(C)C)nc4-c4cnoc4)C3)c(=O)n(C)c2n1. The highest BCUT2D eigenvalue weighted by molar-refractivity contribution is 5.93. The van der Waals surface area contributed by atoms with Gasteiger partial charge in [-0.3, -0.25) is 14.0 Å². The molecule has 194 valence electrons. The molecule has 1 aliphatic rings. The van der Waals surface area contributed by atoms with Crippen LogP contribution in [0.3, 0.4) is 0 Å². The van der Waals surface area contributed by atoms with E-state index in [1.165, 1.54) is 10.8 Å². The molecular weight excluding hydrogens is 476 g/mol. The van der Waals surface area contributed by atoms with E-state index in [1.807, 2.05) is 31.7 Å². The molecule has 3 N–H and O–H groups in total. The van der Waals surface area contributed by atoms with E-state index < -0.39 is 0 Å². The number of anilines is 3. The third kappa shape index (κ3) is 4.71. The molecule has 2 amide bonds. The lowest BCUT2D eigenvalue weighted by Gasteiger charge is -2.20. The largest absolute Gasteiger partial charge is 0.365 e. The molecule has 1 fully saturated rings. The number of aromatic nitrogens is 6. The first-order valence-electron chi connectivity index (χ1n) is 12.0. The Morgan fingerprint density at radius 1 is 1.24 bits per heavy atom. The molecule has 5 rings (SSSR count). The summed E-state index contributed by atoms with van der Waals surface area (Å²) in [5.74, 6) is 0.451. The number of carbonyl (C=O) groups excluding carboxylic acids is 1. The summed E-state index contributed by atoms with van der Waals surface area (Å²) in [6.07, 6.45) is 7.23. The summed E-state index contributed by atoms with van der Waals surface area (Å²) in [6.45, 7) is 7.21. The maximum absolute atomic E-state index is 13.1. The van der Waals surface area contributed by atoms with Crippen molar-refractivity contribution in [2.45, 2.75) is 38.8 Å². The molecule has 0 radical (unpaired) electrons. The Balaban J connectivity index is 1.31. The lowest BCUT2D eigenvalue weighted by atomic mass is 10.1. The van der Waals surface area contributed by atoms with Crippen LogP contribution in [-0.4, -0.2) is 61.7 Å². The maximum Gasteiger partial charge on any atom is 0.319 e. The Bertz CT molecular complexity index is 1500. The van der Waals surface area contributed by atoms with Gasteiger partial charge in [-0.25, -0.2) is 9.78 Å². The molecule has 0 saturated carbocycles. The van der Waals surface area contributed by atoms with Gasteiger partial charge in [-0.1, -0.05) is 5.16 Å². The van der Waals surface area contributed by atoms with E-state index in [9.17, 15) is 9.59 Å². The van der Waals surface area contributed by atoms with E-state index >= 15 is 0 Å². The third-order valence-corrected chi connectivity index (χ3v) is 6.37. The summed E-state index contributed by atoms with van der Waals surface area (Å²) in [5.41, 5.74) is 2.48. The second kappa shape index (κ2) is 9.22. The molecule has 13 nitrogen and oxygen atoms in total. The van der Waals surface area contributed by atoms with Gasteiger partial charge in [0.15, 0.2) is 0 Å². The minimum absolute atomic E-state index is 0.139. The van der Waals surface area contributed by atoms with Crippen LogP contribution < -0.4 is 26.4 Å². The van der Waals surface area contributed by atoms with Gasteiger partial charge >= 0.3 is 6.03 Å². The number of rotatable bonds is 5. The van der Waals surface area contributed by atoms with Gasteiger partial charge < -0.3 is 25.4 Å². The molecule has 5 heterocycles. The number of hydrogen-bond acceptors (Lipinski definition) is 9. The van der Waals surface area contributed by atoms with Crippen molar-refractivity contribution in [3.05, 3.63) is 41.3 Å². The smallest absolute Gasteiger partial charge is 0.319 e. The van der Waals surface area contributed by atoms with Crippen LogP contribution in [0.1, 0.15) is 27.2 Å². The molecule has 4 aromatic rings. The van der Waals surface area contributed by atoms with Gasteiger partial charge in [-0.05, 0) is 33.3 Å². The van der Waals surface area contributed by atoms with E-state index in [0.717, 1.165) is 5.39 Å². The van der Waals surface area contributed by atoms with Crippen LogP contribution in [0.15, 0.2) is 40.2 Å². The van der Waals surface area contributed by atoms with Crippen LogP contribution in [0, 0.1) is 0 Å². The molecule has 1 saturated heterocycles. The van der Waals surface area contributed by atoms with Crippen LogP contribution in [0.5, 0.6) is 0 Å². The van der Waals surface area contributed by atoms with Crippen molar-refractivity contribution >= 4 is 34.4 Å². The van der Waals surface area contributed by atoms with E-state index in [4.69, 9.17) is 4.52 Å². The number of urea groups is 1. The molecule has 13 heteroatoms. The first-order chi connectivity index (χ1) is 17.6. The molecule has 37 heavy (non-hydrogen) atoms. The quantitative estimate of drug-likeness (QED) is 0.371. The van der Waals surface area contributed by atoms with Crippen molar-refractivity contribution in [1.29, 1.82) is 0 Å². The van der Waals surface area contributed by atoms with Gasteiger partial charge in [0.05, 0.1) is 23.0 Å². The molecular formula is C24H30N10O3. The summed E-state index contributed by atoms with van der Waals surface area (Å²) in [7, 11) is 3.43. The van der Waals surface area contributed by atoms with Gasteiger partial charge in [0.2, 0.25) is 5.95 Å². The minimum Gasteiger partial charge on any atom is -0.365 e. The number of pyridine rings is 1.